The Hall–Kier alpha value is -1.36. The third kappa shape index (κ3) is 2.79. The highest BCUT2D eigenvalue weighted by Crippen LogP contribution is 3.02. The molecule has 0 N–H and O–H groups in total. The highest BCUT2D eigenvalue weighted by Gasteiger charge is 2.66. The molecule has 0 fully saturated rings. The Morgan fingerprint density at radius 3 is 2.00 bits per heavy atom. The van der Waals surface area contributed by atoms with E-state index in [1.165, 1.54) is 6.92 Å². The van der Waals surface area contributed by atoms with Crippen molar-refractivity contribution in [3.05, 3.63) is 28.7 Å². The predicted molar refractivity (Wildman–Crippen MR) is 47.3 cm³/mol. The van der Waals surface area contributed by atoms with Gasteiger partial charge in [0.05, 0.1) is 6.07 Å². The average molecular weight is 245 g/mol. The van der Waals surface area contributed by atoms with Gasteiger partial charge in [-0.2, -0.15) is 0 Å². The van der Waals surface area contributed by atoms with Gasteiger partial charge in [-0.1, -0.05) is 19.4 Å². The Morgan fingerprint density at radius 1 is 1.07 bits per heavy atom. The van der Waals surface area contributed by atoms with Gasteiger partial charge in [0.15, 0.2) is 4.98 Å². The summed E-state index contributed by atoms with van der Waals surface area (Å²) < 4.78 is 61.6. The van der Waals surface area contributed by atoms with E-state index >= 15 is 0 Å². The largest absolute Gasteiger partial charge is 0.386 e. The van der Waals surface area contributed by atoms with Crippen LogP contribution in [0.3, 0.4) is 0 Å². The number of hydrogen-bond acceptors (Lipinski definition) is 1. The Labute approximate surface area is 82.1 Å². The van der Waals surface area contributed by atoms with Crippen molar-refractivity contribution in [2.45, 2.75) is 11.8 Å². The fourth-order valence-electron chi connectivity index (χ4n) is 1.01. The fraction of sp³-hybridized carbons (Fsp3) is 0.143. The lowest BCUT2D eigenvalue weighted by atomic mass is 10.2. The number of aryl methyl sites for hydroxylation is 1. The van der Waals surface area contributed by atoms with Crippen molar-refractivity contribution in [2.75, 3.05) is 0 Å². The fourth-order valence-corrected chi connectivity index (χ4v) is 1.76. The lowest BCUT2D eigenvalue weighted by molar-refractivity contribution is 0.364. The number of diazo groups is 1. The maximum absolute atomic E-state index is 12.3. The number of halogens is 5. The minimum atomic E-state index is -9.69. The van der Waals surface area contributed by atoms with Crippen LogP contribution in [0, 0.1) is 12.3 Å². The average Bonchev–Trinajstić information content (AvgIpc) is 1.99. The van der Waals surface area contributed by atoms with E-state index in [0.717, 1.165) is 6.07 Å². The zero-order valence-electron chi connectivity index (χ0n) is 7.42. The van der Waals surface area contributed by atoms with Crippen LogP contribution >= 0.6 is 10.2 Å². The summed E-state index contributed by atoms with van der Waals surface area (Å²) in [5, 5.41) is 8.25. The van der Waals surface area contributed by atoms with E-state index in [-0.39, 0.29) is 11.6 Å². The first kappa shape index (κ1) is 11.7. The molecule has 0 heterocycles. The quantitative estimate of drug-likeness (QED) is 0.497. The van der Waals surface area contributed by atoms with Crippen LogP contribution in [-0.2, 0) is 0 Å². The van der Waals surface area contributed by atoms with Crippen molar-refractivity contribution >= 4 is 15.9 Å². The first-order chi connectivity index (χ1) is 6.42. The molecule has 0 spiro atoms. The molecule has 15 heavy (non-hydrogen) atoms. The molecular weight excluding hydrogens is 239 g/mol. The summed E-state index contributed by atoms with van der Waals surface area (Å²) in [7, 11) is -9.69. The summed E-state index contributed by atoms with van der Waals surface area (Å²) in [5.41, 5.74) is -0.619. The third-order valence-corrected chi connectivity index (χ3v) is 2.72. The Morgan fingerprint density at radius 2 is 1.60 bits per heavy atom. The van der Waals surface area contributed by atoms with Crippen LogP contribution in [0.1, 0.15) is 5.56 Å². The van der Waals surface area contributed by atoms with E-state index in [1.54, 1.807) is 0 Å². The number of hydrogen-bond donors (Lipinski definition) is 0. The summed E-state index contributed by atoms with van der Waals surface area (Å²) >= 11 is 0. The van der Waals surface area contributed by atoms with Crippen LogP contribution in [0.15, 0.2) is 23.1 Å². The lowest BCUT2D eigenvalue weighted by Gasteiger charge is -2.40. The summed E-state index contributed by atoms with van der Waals surface area (Å²) in [6.07, 6.45) is 0. The second-order valence-corrected chi connectivity index (χ2v) is 5.48. The highest BCUT2D eigenvalue weighted by molar-refractivity contribution is 8.45. The number of benzene rings is 1. The predicted octanol–water partition coefficient (Wildman–Crippen LogP) is 5.14. The topological polar surface area (TPSA) is 28.1 Å². The van der Waals surface area contributed by atoms with Crippen molar-refractivity contribution in [3.8, 4) is 0 Å². The van der Waals surface area contributed by atoms with Crippen LogP contribution in [0.4, 0.5) is 25.1 Å². The molecule has 0 aliphatic carbocycles. The number of nitrogens with zero attached hydrogens (tertiary/aromatic N) is 2. The van der Waals surface area contributed by atoms with Gasteiger partial charge >= 0.3 is 15.9 Å². The molecule has 0 radical (unpaired) electrons. The minimum absolute atomic E-state index is 0.0615. The first-order valence-electron chi connectivity index (χ1n) is 3.63. The molecule has 0 unspecified atom stereocenters. The third-order valence-electron chi connectivity index (χ3n) is 1.60. The van der Waals surface area contributed by atoms with E-state index < -0.39 is 20.8 Å². The van der Waals surface area contributed by atoms with Crippen molar-refractivity contribution in [2.24, 2.45) is 0 Å². The zero-order chi connectivity index (χ0) is 12.0. The van der Waals surface area contributed by atoms with Gasteiger partial charge in [-0.05, 0) is 18.6 Å². The molecule has 2 nitrogen and oxygen atoms in total. The SMILES string of the molecule is Cc1cc([N+]#N)cc(S(F)(F)(F)(F)F)c1. The normalized spacial score (nSPS) is 16.3. The van der Waals surface area contributed by atoms with E-state index in [2.05, 4.69) is 4.98 Å². The molecule has 0 aliphatic rings. The molecule has 0 bridgehead atoms. The molecule has 1 aromatic carbocycles. The summed E-state index contributed by atoms with van der Waals surface area (Å²) in [6.45, 7) is 1.20. The van der Waals surface area contributed by atoms with Gasteiger partial charge in [0.25, 0.3) is 0 Å². The monoisotopic (exact) mass is 245 g/mol. The number of rotatable bonds is 1. The molecular formula is C7H6F5N2S+. The van der Waals surface area contributed by atoms with E-state index in [1.807, 2.05) is 0 Å². The van der Waals surface area contributed by atoms with Crippen LogP contribution in [0.2, 0.25) is 0 Å². The van der Waals surface area contributed by atoms with E-state index in [9.17, 15) is 19.4 Å². The molecule has 0 atom stereocenters. The Balaban J connectivity index is 3.56. The van der Waals surface area contributed by atoms with Gasteiger partial charge in [-0.15, -0.1) is 0 Å². The summed E-state index contributed by atoms with van der Waals surface area (Å²) in [5.74, 6) is 0. The van der Waals surface area contributed by atoms with Crippen molar-refractivity contribution in [1.82, 2.24) is 0 Å². The molecule has 1 aromatic rings. The summed E-state index contributed by atoms with van der Waals surface area (Å²) in [4.78, 5) is 0.400. The molecule has 0 saturated heterocycles. The Kier molecular flexibility index (Phi) is 1.88. The molecule has 84 valence electrons. The van der Waals surface area contributed by atoms with Crippen LogP contribution < -0.4 is 0 Å². The van der Waals surface area contributed by atoms with Crippen molar-refractivity contribution in [3.63, 3.8) is 0 Å². The Bertz CT molecular complexity index is 458. The van der Waals surface area contributed by atoms with Gasteiger partial charge in [0, 0.05) is 6.07 Å². The maximum Gasteiger partial charge on any atom is 0.386 e. The second kappa shape index (κ2) is 2.41. The highest BCUT2D eigenvalue weighted by atomic mass is 32.5. The molecule has 0 aliphatic heterocycles. The smallest absolute Gasteiger partial charge is 0.0936 e. The van der Waals surface area contributed by atoms with Crippen LogP contribution in [0.25, 0.3) is 4.98 Å². The van der Waals surface area contributed by atoms with E-state index in [4.69, 9.17) is 5.39 Å². The maximum atomic E-state index is 12.3. The minimum Gasteiger partial charge on any atom is -0.0936 e. The van der Waals surface area contributed by atoms with Crippen LogP contribution in [0.5, 0.6) is 0 Å². The van der Waals surface area contributed by atoms with Gasteiger partial charge in [0.1, 0.15) is 4.90 Å². The summed E-state index contributed by atoms with van der Waals surface area (Å²) in [6, 6.07) is 1.47. The molecule has 8 heteroatoms. The van der Waals surface area contributed by atoms with Gasteiger partial charge in [-0.25, -0.2) is 0 Å². The second-order valence-electron chi connectivity index (χ2n) is 3.07. The molecule has 0 saturated carbocycles. The molecule has 0 aromatic heterocycles. The first-order valence-corrected chi connectivity index (χ1v) is 5.58. The van der Waals surface area contributed by atoms with Gasteiger partial charge in [0.2, 0.25) is 5.39 Å². The molecule has 1 rings (SSSR count). The van der Waals surface area contributed by atoms with Crippen molar-refractivity contribution in [1.29, 1.82) is 5.39 Å². The van der Waals surface area contributed by atoms with Crippen molar-refractivity contribution < 1.29 is 19.4 Å². The van der Waals surface area contributed by atoms with E-state index in [0.29, 0.717) is 6.07 Å². The van der Waals surface area contributed by atoms with Crippen LogP contribution in [-0.4, -0.2) is 0 Å². The van der Waals surface area contributed by atoms with Gasteiger partial charge < -0.3 is 0 Å². The van der Waals surface area contributed by atoms with Gasteiger partial charge in [-0.3, -0.25) is 0 Å². The zero-order valence-corrected chi connectivity index (χ0v) is 8.24. The standard InChI is InChI=1S/C7H6F5N2S/c1-5-2-6(14-13)4-7(3-5)15(8,9,10,11)12/h2-4H,1H3/q+1. The lowest BCUT2D eigenvalue weighted by Crippen LogP contribution is -2.05. The molecule has 0 amide bonds.